The number of hydrogen-bond acceptors (Lipinski definition) is 2. The van der Waals surface area contributed by atoms with E-state index in [-0.39, 0.29) is 18.4 Å². The average molecular weight is 219 g/mol. The molecule has 2 rings (SSSR count). The summed E-state index contributed by atoms with van der Waals surface area (Å²) in [5.74, 6) is -0.849. The third-order valence-electron chi connectivity index (χ3n) is 2.77. The van der Waals surface area contributed by atoms with Gasteiger partial charge < -0.3 is 10.0 Å². The van der Waals surface area contributed by atoms with Gasteiger partial charge in [0, 0.05) is 18.2 Å². The van der Waals surface area contributed by atoms with Crippen LogP contribution in [0.3, 0.4) is 0 Å². The highest BCUT2D eigenvalue weighted by Crippen LogP contribution is 2.27. The van der Waals surface area contributed by atoms with E-state index in [1.54, 1.807) is 4.90 Å². The number of para-hydroxylation sites is 1. The normalized spacial score (nSPS) is 20.1. The van der Waals surface area contributed by atoms with Crippen molar-refractivity contribution in [2.75, 3.05) is 4.90 Å². The van der Waals surface area contributed by atoms with Gasteiger partial charge in [-0.3, -0.25) is 9.59 Å². The number of aliphatic carboxylic acids is 1. The Bertz CT molecular complexity index is 402. The zero-order valence-electron chi connectivity index (χ0n) is 8.80. The van der Waals surface area contributed by atoms with Gasteiger partial charge in [0.1, 0.15) is 0 Å². The fourth-order valence-corrected chi connectivity index (χ4v) is 2.08. The monoisotopic (exact) mass is 219 g/mol. The molecule has 4 heteroatoms. The highest BCUT2D eigenvalue weighted by atomic mass is 16.4. The van der Waals surface area contributed by atoms with Crippen LogP contribution in [0.5, 0.6) is 0 Å². The molecule has 0 spiro atoms. The van der Waals surface area contributed by atoms with Crippen molar-refractivity contribution < 1.29 is 14.7 Å². The van der Waals surface area contributed by atoms with Gasteiger partial charge >= 0.3 is 5.97 Å². The second-order valence-electron chi connectivity index (χ2n) is 3.89. The number of nitrogens with zero attached hydrogens (tertiary/aromatic N) is 1. The summed E-state index contributed by atoms with van der Waals surface area (Å²) in [4.78, 5) is 24.0. The van der Waals surface area contributed by atoms with Crippen LogP contribution in [-0.4, -0.2) is 23.0 Å². The molecule has 0 aromatic heterocycles. The first-order valence-corrected chi connectivity index (χ1v) is 5.27. The zero-order valence-corrected chi connectivity index (χ0v) is 8.80. The van der Waals surface area contributed by atoms with E-state index in [1.165, 1.54) is 0 Å². The quantitative estimate of drug-likeness (QED) is 0.841. The molecule has 0 aliphatic carbocycles. The Morgan fingerprint density at radius 1 is 1.38 bits per heavy atom. The molecule has 16 heavy (non-hydrogen) atoms. The smallest absolute Gasteiger partial charge is 0.305 e. The number of carboxylic acids is 1. The van der Waals surface area contributed by atoms with Crippen molar-refractivity contribution in [1.82, 2.24) is 0 Å². The molecule has 1 amide bonds. The number of rotatable bonds is 3. The summed E-state index contributed by atoms with van der Waals surface area (Å²) in [5, 5.41) is 8.79. The van der Waals surface area contributed by atoms with E-state index in [4.69, 9.17) is 5.11 Å². The highest BCUT2D eigenvalue weighted by Gasteiger charge is 2.33. The standard InChI is InChI=1S/C12H13NO3/c14-11-7-6-10(8-12(15)16)13(11)9-4-2-1-3-5-9/h1-5,10H,6-8H2,(H,15,16). The third kappa shape index (κ3) is 2.05. The lowest BCUT2D eigenvalue weighted by molar-refractivity contribution is -0.137. The largest absolute Gasteiger partial charge is 0.481 e. The molecule has 1 saturated heterocycles. The molecule has 1 aliphatic rings. The van der Waals surface area contributed by atoms with E-state index < -0.39 is 5.97 Å². The first kappa shape index (κ1) is 10.7. The summed E-state index contributed by atoms with van der Waals surface area (Å²) < 4.78 is 0. The van der Waals surface area contributed by atoms with Crippen molar-refractivity contribution >= 4 is 17.6 Å². The minimum Gasteiger partial charge on any atom is -0.481 e. The molecule has 1 fully saturated rings. The predicted molar refractivity (Wildman–Crippen MR) is 59.2 cm³/mol. The SMILES string of the molecule is O=C(O)CC1CCC(=O)N1c1ccccc1. The lowest BCUT2D eigenvalue weighted by Crippen LogP contribution is -2.34. The van der Waals surface area contributed by atoms with Gasteiger partial charge in [-0.15, -0.1) is 0 Å². The van der Waals surface area contributed by atoms with Gasteiger partial charge in [0.05, 0.1) is 6.42 Å². The number of hydrogen-bond donors (Lipinski definition) is 1. The summed E-state index contributed by atoms with van der Waals surface area (Å²) in [7, 11) is 0. The van der Waals surface area contributed by atoms with Crippen LogP contribution in [0, 0.1) is 0 Å². The summed E-state index contributed by atoms with van der Waals surface area (Å²) >= 11 is 0. The number of anilines is 1. The fraction of sp³-hybridized carbons (Fsp3) is 0.333. The van der Waals surface area contributed by atoms with E-state index in [0.717, 1.165) is 5.69 Å². The molecule has 1 aliphatic heterocycles. The van der Waals surface area contributed by atoms with Crippen LogP contribution in [0.25, 0.3) is 0 Å². The van der Waals surface area contributed by atoms with Crippen LogP contribution in [0.4, 0.5) is 5.69 Å². The van der Waals surface area contributed by atoms with Crippen molar-refractivity contribution in [2.45, 2.75) is 25.3 Å². The Morgan fingerprint density at radius 2 is 2.06 bits per heavy atom. The van der Waals surface area contributed by atoms with Crippen molar-refractivity contribution in [3.63, 3.8) is 0 Å². The Balaban J connectivity index is 2.23. The average Bonchev–Trinajstić information content (AvgIpc) is 2.60. The zero-order chi connectivity index (χ0) is 11.5. The number of benzene rings is 1. The van der Waals surface area contributed by atoms with Crippen LogP contribution in [-0.2, 0) is 9.59 Å². The first-order valence-electron chi connectivity index (χ1n) is 5.27. The maximum atomic E-state index is 11.7. The highest BCUT2D eigenvalue weighted by molar-refractivity contribution is 5.96. The van der Waals surface area contributed by atoms with E-state index >= 15 is 0 Å². The van der Waals surface area contributed by atoms with Gasteiger partial charge in [-0.25, -0.2) is 0 Å². The molecule has 1 atom stereocenters. The summed E-state index contributed by atoms with van der Waals surface area (Å²) in [6.45, 7) is 0. The fourth-order valence-electron chi connectivity index (χ4n) is 2.08. The van der Waals surface area contributed by atoms with Gasteiger partial charge in [-0.1, -0.05) is 18.2 Å². The maximum absolute atomic E-state index is 11.7. The van der Waals surface area contributed by atoms with E-state index in [9.17, 15) is 9.59 Å². The van der Waals surface area contributed by atoms with E-state index in [0.29, 0.717) is 12.8 Å². The van der Waals surface area contributed by atoms with E-state index in [2.05, 4.69) is 0 Å². The van der Waals surface area contributed by atoms with Crippen molar-refractivity contribution in [3.8, 4) is 0 Å². The Morgan fingerprint density at radius 3 is 2.69 bits per heavy atom. The molecule has 84 valence electrons. The second-order valence-corrected chi connectivity index (χ2v) is 3.89. The van der Waals surface area contributed by atoms with Crippen LogP contribution in [0.2, 0.25) is 0 Å². The molecule has 0 saturated carbocycles. The summed E-state index contributed by atoms with van der Waals surface area (Å²) in [6.07, 6.45) is 1.08. The summed E-state index contributed by atoms with van der Waals surface area (Å²) in [6, 6.07) is 9.02. The number of carbonyl (C=O) groups excluding carboxylic acids is 1. The molecule has 4 nitrogen and oxygen atoms in total. The Kier molecular flexibility index (Phi) is 2.90. The lowest BCUT2D eigenvalue weighted by Gasteiger charge is -2.23. The van der Waals surface area contributed by atoms with Gasteiger partial charge in [0.2, 0.25) is 5.91 Å². The molecule has 1 aromatic carbocycles. The van der Waals surface area contributed by atoms with E-state index in [1.807, 2.05) is 30.3 Å². The first-order chi connectivity index (χ1) is 7.68. The maximum Gasteiger partial charge on any atom is 0.305 e. The molecular weight excluding hydrogens is 206 g/mol. The van der Waals surface area contributed by atoms with Crippen molar-refractivity contribution in [3.05, 3.63) is 30.3 Å². The minimum atomic E-state index is -0.861. The predicted octanol–water partition coefficient (Wildman–Crippen LogP) is 1.66. The molecule has 1 N–H and O–H groups in total. The number of carbonyl (C=O) groups is 2. The minimum absolute atomic E-state index is 0.0115. The molecular formula is C12H13NO3. The van der Waals surface area contributed by atoms with Gasteiger partial charge in [-0.05, 0) is 18.6 Å². The van der Waals surface area contributed by atoms with Gasteiger partial charge in [0.15, 0.2) is 0 Å². The van der Waals surface area contributed by atoms with Crippen molar-refractivity contribution in [2.24, 2.45) is 0 Å². The van der Waals surface area contributed by atoms with Crippen molar-refractivity contribution in [1.29, 1.82) is 0 Å². The topological polar surface area (TPSA) is 57.6 Å². The molecule has 0 radical (unpaired) electrons. The Labute approximate surface area is 93.5 Å². The van der Waals surface area contributed by atoms with Crippen LogP contribution in [0.15, 0.2) is 30.3 Å². The third-order valence-corrected chi connectivity index (χ3v) is 2.77. The summed E-state index contributed by atoms with van der Waals surface area (Å²) in [5.41, 5.74) is 0.788. The molecule has 0 bridgehead atoms. The van der Waals surface area contributed by atoms with Gasteiger partial charge in [-0.2, -0.15) is 0 Å². The number of amides is 1. The second kappa shape index (κ2) is 4.35. The molecule has 1 aromatic rings. The molecule has 1 heterocycles. The van der Waals surface area contributed by atoms with Crippen LogP contribution < -0.4 is 4.90 Å². The van der Waals surface area contributed by atoms with Crippen LogP contribution in [0.1, 0.15) is 19.3 Å². The number of carboxylic acid groups (broad SMARTS) is 1. The van der Waals surface area contributed by atoms with Crippen LogP contribution >= 0.6 is 0 Å². The Hall–Kier alpha value is -1.84. The lowest BCUT2D eigenvalue weighted by atomic mass is 10.1. The van der Waals surface area contributed by atoms with Gasteiger partial charge in [0.25, 0.3) is 0 Å². The molecule has 1 unspecified atom stereocenters.